The number of halogens is 1. The molecule has 1 aromatic rings. The Morgan fingerprint density at radius 2 is 2.00 bits per heavy atom. The number of guanidine groups is 1. The van der Waals surface area contributed by atoms with Crippen LogP contribution in [0.25, 0.3) is 0 Å². The summed E-state index contributed by atoms with van der Waals surface area (Å²) in [7, 11) is -2.32. The Morgan fingerprint density at radius 1 is 1.40 bits per heavy atom. The highest BCUT2D eigenvalue weighted by molar-refractivity contribution is 7.89. The van der Waals surface area contributed by atoms with Crippen LogP contribution in [0.3, 0.4) is 0 Å². The van der Waals surface area contributed by atoms with Crippen molar-refractivity contribution in [3.63, 3.8) is 0 Å². The van der Waals surface area contributed by atoms with E-state index in [1.807, 2.05) is 0 Å². The van der Waals surface area contributed by atoms with Crippen LogP contribution in [-0.4, -0.2) is 31.5 Å². The number of aryl methyl sites for hydroxylation is 1. The number of aliphatic imine (C=N–C) groups is 1. The average Bonchev–Trinajstić information content (AvgIpc) is 2.30. The van der Waals surface area contributed by atoms with Gasteiger partial charge in [0.15, 0.2) is 0 Å². The maximum atomic E-state index is 14.2. The largest absolute Gasteiger partial charge is 0.399 e. The summed E-state index contributed by atoms with van der Waals surface area (Å²) in [6.45, 7) is 3.20. The summed E-state index contributed by atoms with van der Waals surface area (Å²) in [5.74, 6) is -1.08. The summed E-state index contributed by atoms with van der Waals surface area (Å²) in [5, 5.41) is 0. The van der Waals surface area contributed by atoms with Crippen molar-refractivity contribution < 1.29 is 12.8 Å². The van der Waals surface area contributed by atoms with E-state index in [0.717, 1.165) is 4.31 Å². The molecule has 0 saturated carbocycles. The van der Waals surface area contributed by atoms with Crippen LogP contribution in [0.15, 0.2) is 17.1 Å². The lowest BCUT2D eigenvalue weighted by atomic mass is 9.92. The quantitative estimate of drug-likeness (QED) is 0.738. The lowest BCUT2D eigenvalue weighted by molar-refractivity contribution is 0.458. The molecule has 110 valence electrons. The SMILES string of the molecule is Cc1cc(F)c(C2(C)CS(=O)(=O)N(C)C(N)=N2)cc1N. The van der Waals surface area contributed by atoms with Crippen molar-refractivity contribution in [3.8, 4) is 0 Å². The molecular weight excluding hydrogens is 283 g/mol. The normalized spacial score (nSPS) is 25.4. The second-order valence-electron chi connectivity index (χ2n) is 5.16. The maximum absolute atomic E-state index is 14.2. The summed E-state index contributed by atoms with van der Waals surface area (Å²) in [6, 6.07) is 2.69. The minimum Gasteiger partial charge on any atom is -0.399 e. The first-order valence-electron chi connectivity index (χ1n) is 5.95. The molecule has 6 nitrogen and oxygen atoms in total. The molecule has 0 aromatic heterocycles. The summed E-state index contributed by atoms with van der Waals surface area (Å²) < 4.78 is 39.2. The molecule has 1 heterocycles. The number of nitrogens with zero attached hydrogens (tertiary/aromatic N) is 2. The monoisotopic (exact) mass is 300 g/mol. The van der Waals surface area contributed by atoms with Crippen LogP contribution in [0.4, 0.5) is 10.1 Å². The fraction of sp³-hybridized carbons (Fsp3) is 0.417. The number of anilines is 1. The van der Waals surface area contributed by atoms with Crippen molar-refractivity contribution in [1.29, 1.82) is 0 Å². The van der Waals surface area contributed by atoms with E-state index in [1.165, 1.54) is 26.1 Å². The van der Waals surface area contributed by atoms with Gasteiger partial charge < -0.3 is 11.5 Å². The number of hydrogen-bond donors (Lipinski definition) is 2. The Hall–Kier alpha value is -1.83. The summed E-state index contributed by atoms with van der Waals surface area (Å²) in [5.41, 5.74) is 11.2. The van der Waals surface area contributed by atoms with Crippen molar-refractivity contribution >= 4 is 21.7 Å². The molecule has 1 atom stereocenters. The molecule has 20 heavy (non-hydrogen) atoms. The fourth-order valence-electron chi connectivity index (χ4n) is 2.19. The first kappa shape index (κ1) is 14.6. The van der Waals surface area contributed by atoms with Gasteiger partial charge in [0.2, 0.25) is 16.0 Å². The molecule has 4 N–H and O–H groups in total. The Kier molecular flexibility index (Phi) is 3.16. The van der Waals surface area contributed by atoms with Crippen LogP contribution in [0.1, 0.15) is 18.1 Å². The third-order valence-corrected chi connectivity index (χ3v) is 5.45. The van der Waals surface area contributed by atoms with Gasteiger partial charge in [-0.25, -0.2) is 22.1 Å². The highest BCUT2D eigenvalue weighted by atomic mass is 32.2. The van der Waals surface area contributed by atoms with E-state index in [1.54, 1.807) is 6.92 Å². The molecule has 0 radical (unpaired) electrons. The first-order chi connectivity index (χ1) is 9.07. The zero-order chi connectivity index (χ0) is 15.3. The average molecular weight is 300 g/mol. The molecule has 1 aromatic carbocycles. The third-order valence-electron chi connectivity index (χ3n) is 3.50. The van der Waals surface area contributed by atoms with Gasteiger partial charge >= 0.3 is 0 Å². The van der Waals surface area contributed by atoms with Crippen molar-refractivity contribution in [2.75, 3.05) is 18.5 Å². The molecule has 0 saturated heterocycles. The minimum atomic E-state index is -3.64. The molecule has 1 aliphatic heterocycles. The summed E-state index contributed by atoms with van der Waals surface area (Å²) >= 11 is 0. The standard InChI is InChI=1S/C12H17FN4O2S/c1-7-4-9(13)8(5-10(7)14)12(2)6-20(18,19)17(3)11(15)16-12/h4-5H,6,14H2,1-3H3,(H2,15,16). The van der Waals surface area contributed by atoms with Crippen molar-refractivity contribution in [2.24, 2.45) is 10.7 Å². The predicted molar refractivity (Wildman–Crippen MR) is 76.1 cm³/mol. The lowest BCUT2D eigenvalue weighted by Crippen LogP contribution is -2.50. The van der Waals surface area contributed by atoms with Crippen molar-refractivity contribution in [2.45, 2.75) is 19.4 Å². The number of nitrogens with two attached hydrogens (primary N) is 2. The van der Waals surface area contributed by atoms with Gasteiger partial charge in [0.1, 0.15) is 11.4 Å². The zero-order valence-electron chi connectivity index (χ0n) is 11.5. The molecule has 0 aliphatic carbocycles. The Balaban J connectivity index is 2.66. The predicted octanol–water partition coefficient (Wildman–Crippen LogP) is 0.521. The smallest absolute Gasteiger partial charge is 0.239 e. The molecule has 1 aliphatic rings. The third kappa shape index (κ3) is 2.20. The van der Waals surface area contributed by atoms with E-state index in [2.05, 4.69) is 4.99 Å². The zero-order valence-corrected chi connectivity index (χ0v) is 12.3. The second kappa shape index (κ2) is 4.34. The van der Waals surface area contributed by atoms with Crippen LogP contribution >= 0.6 is 0 Å². The van der Waals surface area contributed by atoms with Crippen LogP contribution in [0.5, 0.6) is 0 Å². The lowest BCUT2D eigenvalue weighted by Gasteiger charge is -2.34. The molecule has 1 unspecified atom stereocenters. The van der Waals surface area contributed by atoms with Gasteiger partial charge in [0, 0.05) is 18.3 Å². The minimum absolute atomic E-state index is 0.125. The molecule has 0 bridgehead atoms. The van der Waals surface area contributed by atoms with E-state index in [0.29, 0.717) is 11.3 Å². The molecule has 0 fully saturated rings. The van der Waals surface area contributed by atoms with Crippen LogP contribution in [0.2, 0.25) is 0 Å². The number of hydrogen-bond acceptors (Lipinski definition) is 5. The number of sulfonamides is 1. The van der Waals surface area contributed by atoms with Crippen molar-refractivity contribution in [3.05, 3.63) is 29.1 Å². The highest BCUT2D eigenvalue weighted by Gasteiger charge is 2.41. The summed E-state index contributed by atoms with van der Waals surface area (Å²) in [6.07, 6.45) is 0. The van der Waals surface area contributed by atoms with Gasteiger partial charge in [-0.15, -0.1) is 0 Å². The van der Waals surface area contributed by atoms with E-state index in [-0.39, 0.29) is 17.3 Å². The first-order valence-corrected chi connectivity index (χ1v) is 7.56. The molecule has 0 spiro atoms. The van der Waals surface area contributed by atoms with Gasteiger partial charge in [-0.2, -0.15) is 0 Å². The molecule has 0 amide bonds. The van der Waals surface area contributed by atoms with Crippen LogP contribution in [0, 0.1) is 12.7 Å². The molecular formula is C12H17FN4O2S. The number of benzene rings is 1. The van der Waals surface area contributed by atoms with Gasteiger partial charge in [0.25, 0.3) is 0 Å². The Morgan fingerprint density at radius 3 is 2.55 bits per heavy atom. The van der Waals surface area contributed by atoms with Crippen LogP contribution < -0.4 is 11.5 Å². The molecule has 8 heteroatoms. The Labute approximate surface area is 117 Å². The van der Waals surface area contributed by atoms with E-state index in [9.17, 15) is 12.8 Å². The van der Waals surface area contributed by atoms with E-state index < -0.39 is 21.4 Å². The van der Waals surface area contributed by atoms with Gasteiger partial charge in [-0.3, -0.25) is 0 Å². The van der Waals surface area contributed by atoms with E-state index in [4.69, 9.17) is 11.5 Å². The Bertz CT molecular complexity index is 702. The second-order valence-corrected chi connectivity index (χ2v) is 7.16. The van der Waals surface area contributed by atoms with Crippen molar-refractivity contribution in [1.82, 2.24) is 4.31 Å². The maximum Gasteiger partial charge on any atom is 0.239 e. The molecule has 2 rings (SSSR count). The van der Waals surface area contributed by atoms with Gasteiger partial charge in [-0.05, 0) is 31.5 Å². The summed E-state index contributed by atoms with van der Waals surface area (Å²) in [4.78, 5) is 4.14. The van der Waals surface area contributed by atoms with Crippen LogP contribution in [-0.2, 0) is 15.6 Å². The number of nitrogen functional groups attached to an aromatic ring is 1. The topological polar surface area (TPSA) is 102 Å². The number of rotatable bonds is 1. The van der Waals surface area contributed by atoms with E-state index >= 15 is 0 Å². The van der Waals surface area contributed by atoms with Gasteiger partial charge in [0.05, 0.1) is 5.75 Å². The highest BCUT2D eigenvalue weighted by Crippen LogP contribution is 2.35. The van der Waals surface area contributed by atoms with Gasteiger partial charge in [-0.1, -0.05) is 0 Å². The fourth-order valence-corrected chi connectivity index (χ4v) is 3.64.